The van der Waals surface area contributed by atoms with Crippen molar-refractivity contribution in [3.63, 3.8) is 0 Å². The Labute approximate surface area is 98.3 Å². The Morgan fingerprint density at radius 1 is 1.25 bits per heavy atom. The van der Waals surface area contributed by atoms with E-state index in [2.05, 4.69) is 10.3 Å². The quantitative estimate of drug-likeness (QED) is 0.859. The van der Waals surface area contributed by atoms with Crippen LogP contribution in [0, 0.1) is 11.3 Å². The average molecular weight is 230 g/mol. The van der Waals surface area contributed by atoms with Gasteiger partial charge in [-0.3, -0.25) is 0 Å². The largest absolute Gasteiger partial charge is 0.353 e. The fourth-order valence-corrected chi connectivity index (χ4v) is 1.51. The van der Waals surface area contributed by atoms with E-state index in [1.807, 2.05) is 18.2 Å². The van der Waals surface area contributed by atoms with Crippen LogP contribution in [0.1, 0.15) is 5.69 Å². The lowest BCUT2D eigenvalue weighted by Crippen LogP contribution is -1.95. The van der Waals surface area contributed by atoms with Crippen LogP contribution in [0.4, 0.5) is 11.4 Å². The molecule has 0 spiro atoms. The molecule has 0 fully saturated rings. The van der Waals surface area contributed by atoms with Crippen LogP contribution >= 0.6 is 11.6 Å². The van der Waals surface area contributed by atoms with Gasteiger partial charge in [-0.25, -0.2) is 4.98 Å². The van der Waals surface area contributed by atoms with E-state index in [-0.39, 0.29) is 0 Å². The summed E-state index contributed by atoms with van der Waals surface area (Å²) in [6.45, 7) is 0. The maximum Gasteiger partial charge on any atom is 0.163 e. The standard InChI is InChI=1S/C12H8ClN3/c13-9-3-1-4-10(7-9)16-11-5-2-6-15-12(11)8-14/h1-7,16H. The minimum atomic E-state index is 0.363. The SMILES string of the molecule is N#Cc1ncccc1Nc1cccc(Cl)c1. The van der Waals surface area contributed by atoms with Crippen LogP contribution in [0.2, 0.25) is 5.02 Å². The average Bonchev–Trinajstić information content (AvgIpc) is 2.30. The molecule has 1 aromatic carbocycles. The van der Waals surface area contributed by atoms with Crippen molar-refractivity contribution >= 4 is 23.0 Å². The molecule has 1 heterocycles. The summed E-state index contributed by atoms with van der Waals surface area (Å²) in [5.74, 6) is 0. The van der Waals surface area contributed by atoms with E-state index in [4.69, 9.17) is 16.9 Å². The molecule has 0 aliphatic rings. The second-order valence-electron chi connectivity index (χ2n) is 3.15. The van der Waals surface area contributed by atoms with Crippen LogP contribution in [0.25, 0.3) is 0 Å². The molecule has 16 heavy (non-hydrogen) atoms. The van der Waals surface area contributed by atoms with Crippen molar-refractivity contribution in [3.05, 3.63) is 53.3 Å². The van der Waals surface area contributed by atoms with E-state index < -0.39 is 0 Å². The smallest absolute Gasteiger partial charge is 0.163 e. The topological polar surface area (TPSA) is 48.7 Å². The maximum absolute atomic E-state index is 8.87. The van der Waals surface area contributed by atoms with Gasteiger partial charge < -0.3 is 5.32 Å². The van der Waals surface area contributed by atoms with Crippen molar-refractivity contribution in [3.8, 4) is 6.07 Å². The molecule has 0 saturated carbocycles. The molecule has 0 bridgehead atoms. The van der Waals surface area contributed by atoms with Crippen LogP contribution in [-0.4, -0.2) is 4.98 Å². The summed E-state index contributed by atoms with van der Waals surface area (Å²) in [5, 5.41) is 12.6. The first-order chi connectivity index (χ1) is 7.79. The van der Waals surface area contributed by atoms with Crippen LogP contribution < -0.4 is 5.32 Å². The molecule has 0 saturated heterocycles. The molecule has 4 heteroatoms. The lowest BCUT2D eigenvalue weighted by molar-refractivity contribution is 1.26. The Hall–Kier alpha value is -2.05. The monoisotopic (exact) mass is 229 g/mol. The molecule has 0 amide bonds. The number of nitrogens with one attached hydrogen (secondary N) is 1. The number of hydrogen-bond donors (Lipinski definition) is 1. The summed E-state index contributed by atoms with van der Waals surface area (Å²) in [6.07, 6.45) is 1.59. The number of nitriles is 1. The van der Waals surface area contributed by atoms with Crippen LogP contribution in [0.3, 0.4) is 0 Å². The summed E-state index contributed by atoms with van der Waals surface area (Å²) < 4.78 is 0. The van der Waals surface area contributed by atoms with Gasteiger partial charge in [0.15, 0.2) is 5.69 Å². The van der Waals surface area contributed by atoms with Crippen molar-refractivity contribution in [1.82, 2.24) is 4.98 Å². The maximum atomic E-state index is 8.87. The van der Waals surface area contributed by atoms with Crippen molar-refractivity contribution in [2.24, 2.45) is 0 Å². The fraction of sp³-hybridized carbons (Fsp3) is 0. The van der Waals surface area contributed by atoms with Crippen molar-refractivity contribution in [1.29, 1.82) is 5.26 Å². The first-order valence-corrected chi connectivity index (χ1v) is 5.05. The number of halogens is 1. The van der Waals surface area contributed by atoms with Gasteiger partial charge >= 0.3 is 0 Å². The van der Waals surface area contributed by atoms with Gasteiger partial charge in [-0.1, -0.05) is 17.7 Å². The summed E-state index contributed by atoms with van der Waals surface area (Å²) in [5.41, 5.74) is 1.87. The Morgan fingerprint density at radius 2 is 2.12 bits per heavy atom. The first kappa shape index (κ1) is 10.5. The van der Waals surface area contributed by atoms with Gasteiger partial charge in [0, 0.05) is 16.9 Å². The summed E-state index contributed by atoms with van der Waals surface area (Å²) >= 11 is 5.86. The predicted molar refractivity (Wildman–Crippen MR) is 63.7 cm³/mol. The molecular weight excluding hydrogens is 222 g/mol. The normalized spacial score (nSPS) is 9.50. The third kappa shape index (κ3) is 2.30. The van der Waals surface area contributed by atoms with Crippen molar-refractivity contribution in [2.45, 2.75) is 0 Å². The minimum Gasteiger partial charge on any atom is -0.353 e. The molecule has 1 aromatic heterocycles. The lowest BCUT2D eigenvalue weighted by atomic mass is 10.2. The number of pyridine rings is 1. The fourth-order valence-electron chi connectivity index (χ4n) is 1.32. The predicted octanol–water partition coefficient (Wildman–Crippen LogP) is 3.35. The molecular formula is C12H8ClN3. The van der Waals surface area contributed by atoms with Crippen LogP contribution in [0.5, 0.6) is 0 Å². The van der Waals surface area contributed by atoms with E-state index in [1.165, 1.54) is 0 Å². The third-order valence-electron chi connectivity index (χ3n) is 2.02. The van der Waals surface area contributed by atoms with Gasteiger partial charge in [-0.05, 0) is 30.3 Å². The molecule has 2 aromatic rings. The highest BCUT2D eigenvalue weighted by molar-refractivity contribution is 6.30. The number of rotatable bonds is 2. The molecule has 78 valence electrons. The zero-order valence-electron chi connectivity index (χ0n) is 8.31. The molecule has 2 rings (SSSR count). The second kappa shape index (κ2) is 4.65. The first-order valence-electron chi connectivity index (χ1n) is 4.67. The Bertz CT molecular complexity index is 546. The zero-order valence-corrected chi connectivity index (χ0v) is 9.07. The molecule has 3 nitrogen and oxygen atoms in total. The molecule has 1 N–H and O–H groups in total. The number of hydrogen-bond acceptors (Lipinski definition) is 3. The number of nitrogens with zero attached hydrogens (tertiary/aromatic N) is 2. The van der Waals surface area contributed by atoms with E-state index in [9.17, 15) is 0 Å². The van der Waals surface area contributed by atoms with E-state index >= 15 is 0 Å². The van der Waals surface area contributed by atoms with Gasteiger partial charge in [0.1, 0.15) is 6.07 Å². The molecule has 0 unspecified atom stereocenters. The van der Waals surface area contributed by atoms with Gasteiger partial charge in [0.2, 0.25) is 0 Å². The number of benzene rings is 1. The van der Waals surface area contributed by atoms with Crippen LogP contribution in [0.15, 0.2) is 42.6 Å². The zero-order chi connectivity index (χ0) is 11.4. The Kier molecular flexibility index (Phi) is 3.04. The van der Waals surface area contributed by atoms with Crippen molar-refractivity contribution in [2.75, 3.05) is 5.32 Å². The summed E-state index contributed by atoms with van der Waals surface area (Å²) in [7, 11) is 0. The highest BCUT2D eigenvalue weighted by atomic mass is 35.5. The Morgan fingerprint density at radius 3 is 2.88 bits per heavy atom. The molecule has 0 aliphatic carbocycles. The third-order valence-corrected chi connectivity index (χ3v) is 2.25. The van der Waals surface area contributed by atoms with E-state index in [0.717, 1.165) is 5.69 Å². The lowest BCUT2D eigenvalue weighted by Gasteiger charge is -2.07. The minimum absolute atomic E-state index is 0.363. The van der Waals surface area contributed by atoms with E-state index in [0.29, 0.717) is 16.4 Å². The highest BCUT2D eigenvalue weighted by Gasteiger charge is 2.02. The van der Waals surface area contributed by atoms with Crippen LogP contribution in [-0.2, 0) is 0 Å². The summed E-state index contributed by atoms with van der Waals surface area (Å²) in [4.78, 5) is 3.96. The second-order valence-corrected chi connectivity index (χ2v) is 3.58. The van der Waals surface area contributed by atoms with Crippen molar-refractivity contribution < 1.29 is 0 Å². The molecule has 0 aliphatic heterocycles. The highest BCUT2D eigenvalue weighted by Crippen LogP contribution is 2.21. The Balaban J connectivity index is 2.31. The van der Waals surface area contributed by atoms with E-state index in [1.54, 1.807) is 30.5 Å². The summed E-state index contributed by atoms with van der Waals surface area (Å²) in [6, 6.07) is 12.9. The van der Waals surface area contributed by atoms with Gasteiger partial charge in [-0.15, -0.1) is 0 Å². The number of aromatic nitrogens is 1. The van der Waals surface area contributed by atoms with Gasteiger partial charge in [0.05, 0.1) is 5.69 Å². The molecule has 0 atom stereocenters. The van der Waals surface area contributed by atoms with Gasteiger partial charge in [-0.2, -0.15) is 5.26 Å². The molecule has 0 radical (unpaired) electrons. The van der Waals surface area contributed by atoms with Gasteiger partial charge in [0.25, 0.3) is 0 Å². The number of anilines is 2.